The molecule has 1 heterocycles. The van der Waals surface area contributed by atoms with Gasteiger partial charge in [0.25, 0.3) is 0 Å². The number of carboxylic acids is 1. The van der Waals surface area contributed by atoms with Crippen LogP contribution in [0.4, 0.5) is 0 Å². The zero-order valence-corrected chi connectivity index (χ0v) is 12.6. The van der Waals surface area contributed by atoms with E-state index < -0.39 is 5.97 Å². The van der Waals surface area contributed by atoms with Crippen molar-refractivity contribution in [3.05, 3.63) is 29.8 Å². The van der Waals surface area contributed by atoms with E-state index >= 15 is 0 Å². The van der Waals surface area contributed by atoms with Crippen LogP contribution in [0.2, 0.25) is 0 Å². The summed E-state index contributed by atoms with van der Waals surface area (Å²) in [5.41, 5.74) is 1.16. The highest BCUT2D eigenvalue weighted by molar-refractivity contribution is 5.66. The number of hydrogen-bond donors (Lipinski definition) is 1. The van der Waals surface area contributed by atoms with Crippen molar-refractivity contribution in [1.82, 2.24) is 9.80 Å². The van der Waals surface area contributed by atoms with Crippen molar-refractivity contribution in [2.45, 2.75) is 13.3 Å². The summed E-state index contributed by atoms with van der Waals surface area (Å²) >= 11 is 0. The summed E-state index contributed by atoms with van der Waals surface area (Å²) in [7, 11) is 0. The Kier molecular flexibility index (Phi) is 6.02. The maximum Gasteiger partial charge on any atom is 0.304 e. The van der Waals surface area contributed by atoms with Crippen molar-refractivity contribution in [2.75, 3.05) is 45.9 Å². The van der Waals surface area contributed by atoms with Crippen molar-refractivity contribution in [3.8, 4) is 5.75 Å². The maximum absolute atomic E-state index is 10.6. The van der Waals surface area contributed by atoms with Crippen LogP contribution >= 0.6 is 0 Å². The van der Waals surface area contributed by atoms with E-state index in [9.17, 15) is 4.79 Å². The fourth-order valence-corrected chi connectivity index (χ4v) is 2.49. The minimum absolute atomic E-state index is 0.233. The molecule has 5 heteroatoms. The summed E-state index contributed by atoms with van der Waals surface area (Å²) in [6, 6.07) is 8.05. The standard InChI is InChI=1S/C16H24N2O3/c1-14-4-2-3-5-15(14)21-13-12-18-10-8-17(9-11-18)7-6-16(19)20/h2-5H,6-13H2,1H3,(H,19,20). The van der Waals surface area contributed by atoms with Crippen molar-refractivity contribution in [1.29, 1.82) is 0 Å². The average molecular weight is 292 g/mol. The van der Waals surface area contributed by atoms with E-state index in [-0.39, 0.29) is 6.42 Å². The van der Waals surface area contributed by atoms with Gasteiger partial charge in [-0.25, -0.2) is 0 Å². The largest absolute Gasteiger partial charge is 0.492 e. The molecule has 0 atom stereocenters. The Balaban J connectivity index is 1.63. The van der Waals surface area contributed by atoms with Crippen LogP contribution in [0.5, 0.6) is 5.75 Å². The molecule has 2 rings (SSSR count). The highest BCUT2D eigenvalue weighted by atomic mass is 16.5. The number of ether oxygens (including phenoxy) is 1. The third kappa shape index (κ3) is 5.36. The molecular weight excluding hydrogens is 268 g/mol. The number of hydrogen-bond acceptors (Lipinski definition) is 4. The Bertz CT molecular complexity index is 457. The number of benzene rings is 1. The van der Waals surface area contributed by atoms with Crippen LogP contribution in [-0.4, -0.2) is 66.8 Å². The normalized spacial score (nSPS) is 16.8. The summed E-state index contributed by atoms with van der Waals surface area (Å²) in [5, 5.41) is 8.69. The minimum Gasteiger partial charge on any atom is -0.492 e. The number of rotatable bonds is 7. The fraction of sp³-hybridized carbons (Fsp3) is 0.562. The molecule has 1 aliphatic heterocycles. The zero-order chi connectivity index (χ0) is 15.1. The lowest BCUT2D eigenvalue weighted by atomic mass is 10.2. The minimum atomic E-state index is -0.718. The third-order valence-corrected chi connectivity index (χ3v) is 3.87. The average Bonchev–Trinajstić information content (AvgIpc) is 2.48. The summed E-state index contributed by atoms with van der Waals surface area (Å²) in [6.45, 7) is 8.17. The molecule has 1 aliphatic rings. The Morgan fingerprint density at radius 3 is 2.38 bits per heavy atom. The van der Waals surface area contributed by atoms with Gasteiger partial charge in [-0.05, 0) is 18.6 Å². The molecular formula is C16H24N2O3. The molecule has 116 valence electrons. The topological polar surface area (TPSA) is 53.0 Å². The molecule has 0 aromatic heterocycles. The number of aryl methyl sites for hydroxylation is 1. The number of piperazine rings is 1. The molecule has 0 spiro atoms. The molecule has 5 nitrogen and oxygen atoms in total. The van der Waals surface area contributed by atoms with Crippen molar-refractivity contribution in [3.63, 3.8) is 0 Å². The first-order valence-electron chi connectivity index (χ1n) is 7.50. The lowest BCUT2D eigenvalue weighted by molar-refractivity contribution is -0.137. The van der Waals surface area contributed by atoms with Crippen LogP contribution in [0.3, 0.4) is 0 Å². The van der Waals surface area contributed by atoms with Gasteiger partial charge in [0.1, 0.15) is 12.4 Å². The van der Waals surface area contributed by atoms with Crippen molar-refractivity contribution in [2.24, 2.45) is 0 Å². The Labute approximate surface area is 126 Å². The van der Waals surface area contributed by atoms with Crippen LogP contribution < -0.4 is 4.74 Å². The number of carboxylic acid groups (broad SMARTS) is 1. The SMILES string of the molecule is Cc1ccccc1OCCN1CCN(CCC(=O)O)CC1. The van der Waals surface area contributed by atoms with Crippen molar-refractivity contribution < 1.29 is 14.6 Å². The maximum atomic E-state index is 10.6. The van der Waals surface area contributed by atoms with E-state index in [4.69, 9.17) is 9.84 Å². The third-order valence-electron chi connectivity index (χ3n) is 3.87. The van der Waals surface area contributed by atoms with E-state index in [1.54, 1.807) is 0 Å². The van der Waals surface area contributed by atoms with Gasteiger partial charge in [-0.2, -0.15) is 0 Å². The molecule has 1 aromatic rings. The first-order valence-corrected chi connectivity index (χ1v) is 7.50. The van der Waals surface area contributed by atoms with E-state index in [0.29, 0.717) is 13.2 Å². The molecule has 1 saturated heterocycles. The highest BCUT2D eigenvalue weighted by Crippen LogP contribution is 2.16. The molecule has 0 amide bonds. The number of aliphatic carboxylic acids is 1. The second kappa shape index (κ2) is 8.00. The van der Waals surface area contributed by atoms with Crippen LogP contribution in [0.15, 0.2) is 24.3 Å². The molecule has 0 bridgehead atoms. The predicted octanol–water partition coefficient (Wildman–Crippen LogP) is 1.47. The van der Waals surface area contributed by atoms with E-state index in [1.807, 2.05) is 18.2 Å². The Morgan fingerprint density at radius 1 is 1.14 bits per heavy atom. The molecule has 0 aliphatic carbocycles. The van der Waals surface area contributed by atoms with Gasteiger partial charge in [-0.1, -0.05) is 18.2 Å². The second-order valence-corrected chi connectivity index (χ2v) is 5.44. The van der Waals surface area contributed by atoms with Gasteiger partial charge >= 0.3 is 5.97 Å². The molecule has 0 unspecified atom stereocenters. The summed E-state index contributed by atoms with van der Waals surface area (Å²) in [4.78, 5) is 15.1. The molecule has 0 saturated carbocycles. The number of carbonyl (C=O) groups is 1. The Hall–Kier alpha value is -1.59. The van der Waals surface area contributed by atoms with Crippen LogP contribution in [0.25, 0.3) is 0 Å². The van der Waals surface area contributed by atoms with Gasteiger partial charge < -0.3 is 14.7 Å². The molecule has 0 radical (unpaired) electrons. The highest BCUT2D eigenvalue weighted by Gasteiger charge is 2.17. The summed E-state index contributed by atoms with van der Waals surface area (Å²) < 4.78 is 5.81. The lowest BCUT2D eigenvalue weighted by Gasteiger charge is -2.34. The zero-order valence-electron chi connectivity index (χ0n) is 12.6. The van der Waals surface area contributed by atoms with E-state index in [2.05, 4.69) is 22.8 Å². The van der Waals surface area contributed by atoms with E-state index in [1.165, 1.54) is 0 Å². The summed E-state index contributed by atoms with van der Waals surface area (Å²) in [5.74, 6) is 0.238. The fourth-order valence-electron chi connectivity index (χ4n) is 2.49. The van der Waals surface area contributed by atoms with Gasteiger partial charge in [-0.3, -0.25) is 9.69 Å². The van der Waals surface area contributed by atoms with E-state index in [0.717, 1.165) is 44.0 Å². The first kappa shape index (κ1) is 15.8. The quantitative estimate of drug-likeness (QED) is 0.824. The molecule has 1 aromatic carbocycles. The summed E-state index contributed by atoms with van der Waals surface area (Å²) in [6.07, 6.45) is 0.233. The smallest absolute Gasteiger partial charge is 0.304 e. The van der Waals surface area contributed by atoms with Gasteiger partial charge in [0.2, 0.25) is 0 Å². The Morgan fingerprint density at radius 2 is 1.76 bits per heavy atom. The van der Waals surface area contributed by atoms with Crippen molar-refractivity contribution >= 4 is 5.97 Å². The predicted molar refractivity (Wildman–Crippen MR) is 81.8 cm³/mol. The number of para-hydroxylation sites is 1. The molecule has 1 fully saturated rings. The molecule has 1 N–H and O–H groups in total. The van der Waals surface area contributed by atoms with Crippen LogP contribution in [-0.2, 0) is 4.79 Å². The van der Waals surface area contributed by atoms with Crippen LogP contribution in [0, 0.1) is 6.92 Å². The lowest BCUT2D eigenvalue weighted by Crippen LogP contribution is -2.47. The van der Waals surface area contributed by atoms with Gasteiger partial charge in [0, 0.05) is 39.3 Å². The van der Waals surface area contributed by atoms with Gasteiger partial charge in [0.05, 0.1) is 6.42 Å². The van der Waals surface area contributed by atoms with Crippen LogP contribution in [0.1, 0.15) is 12.0 Å². The first-order chi connectivity index (χ1) is 10.1. The second-order valence-electron chi connectivity index (χ2n) is 5.44. The van der Waals surface area contributed by atoms with Gasteiger partial charge in [-0.15, -0.1) is 0 Å². The monoisotopic (exact) mass is 292 g/mol. The number of nitrogens with zero attached hydrogens (tertiary/aromatic N) is 2. The molecule has 21 heavy (non-hydrogen) atoms. The van der Waals surface area contributed by atoms with Gasteiger partial charge in [0.15, 0.2) is 0 Å².